The van der Waals surface area contributed by atoms with E-state index in [0.29, 0.717) is 17.1 Å². The second kappa shape index (κ2) is 5.67. The van der Waals surface area contributed by atoms with E-state index < -0.39 is 11.9 Å². The minimum absolute atomic E-state index is 0.293. The van der Waals surface area contributed by atoms with Crippen molar-refractivity contribution in [3.8, 4) is 0 Å². The molecule has 0 aromatic heterocycles. The quantitative estimate of drug-likeness (QED) is 0.885. The molecule has 0 heterocycles. The van der Waals surface area contributed by atoms with E-state index in [2.05, 4.69) is 5.32 Å². The van der Waals surface area contributed by atoms with Gasteiger partial charge in [-0.25, -0.2) is 4.39 Å². The summed E-state index contributed by atoms with van der Waals surface area (Å²) in [5.74, 6) is -0.794. The van der Waals surface area contributed by atoms with E-state index in [1.807, 2.05) is 20.8 Å². The van der Waals surface area contributed by atoms with E-state index in [1.165, 1.54) is 18.2 Å². The topological polar surface area (TPSA) is 55.1 Å². The van der Waals surface area contributed by atoms with E-state index in [4.69, 9.17) is 17.3 Å². The van der Waals surface area contributed by atoms with Crippen molar-refractivity contribution in [2.24, 2.45) is 11.1 Å². The van der Waals surface area contributed by atoms with Gasteiger partial charge in [0.25, 0.3) is 0 Å². The first-order valence-electron chi connectivity index (χ1n) is 5.68. The summed E-state index contributed by atoms with van der Waals surface area (Å²) in [5, 5.41) is 3.48. The molecule has 0 saturated heterocycles. The number of hydrogen-bond acceptors (Lipinski definition) is 2. The van der Waals surface area contributed by atoms with Gasteiger partial charge in [-0.1, -0.05) is 32.4 Å². The smallest absolute Gasteiger partial charge is 0.235 e. The molecule has 1 rings (SSSR count). The van der Waals surface area contributed by atoms with Gasteiger partial charge in [0.05, 0.1) is 6.04 Å². The van der Waals surface area contributed by atoms with Crippen LogP contribution >= 0.6 is 11.6 Å². The molecule has 0 unspecified atom stereocenters. The zero-order chi connectivity index (χ0) is 13.9. The lowest BCUT2D eigenvalue weighted by Crippen LogP contribution is -2.49. The van der Waals surface area contributed by atoms with Crippen LogP contribution in [-0.4, -0.2) is 11.9 Å². The third kappa shape index (κ3) is 3.96. The highest BCUT2D eigenvalue weighted by atomic mass is 35.5. The number of halogens is 2. The highest BCUT2D eigenvalue weighted by molar-refractivity contribution is 6.31. The first-order chi connectivity index (χ1) is 8.21. The lowest BCUT2D eigenvalue weighted by molar-refractivity contribution is -0.122. The molecule has 5 heteroatoms. The second-order valence-electron chi connectivity index (χ2n) is 5.32. The monoisotopic (exact) mass is 272 g/mol. The van der Waals surface area contributed by atoms with Crippen molar-refractivity contribution >= 4 is 17.5 Å². The molecule has 1 atom stereocenters. The second-order valence-corrected chi connectivity index (χ2v) is 5.73. The van der Waals surface area contributed by atoms with Gasteiger partial charge in [0.15, 0.2) is 0 Å². The standard InChI is InChI=1S/C13H18ClFN2O/c1-13(2,3)11(12(16)18)17-7-8-6-9(15)4-5-10(8)14/h4-6,11,17H,7H2,1-3H3,(H2,16,18)/t11-/m1/s1. The molecule has 100 valence electrons. The normalized spacial score (nSPS) is 13.4. The van der Waals surface area contributed by atoms with Crippen molar-refractivity contribution in [3.05, 3.63) is 34.6 Å². The third-order valence-electron chi connectivity index (χ3n) is 2.65. The summed E-state index contributed by atoms with van der Waals surface area (Å²) in [6.07, 6.45) is 0. The largest absolute Gasteiger partial charge is 0.368 e. The fourth-order valence-corrected chi connectivity index (χ4v) is 1.91. The Balaban J connectivity index is 2.79. The summed E-state index contributed by atoms with van der Waals surface area (Å²) in [7, 11) is 0. The molecule has 0 radical (unpaired) electrons. The van der Waals surface area contributed by atoms with E-state index in [-0.39, 0.29) is 11.2 Å². The van der Waals surface area contributed by atoms with Gasteiger partial charge in [0.2, 0.25) is 5.91 Å². The Morgan fingerprint density at radius 2 is 2.11 bits per heavy atom. The van der Waals surface area contributed by atoms with Gasteiger partial charge >= 0.3 is 0 Å². The van der Waals surface area contributed by atoms with Gasteiger partial charge in [0.1, 0.15) is 5.82 Å². The summed E-state index contributed by atoms with van der Waals surface area (Å²) in [5.41, 5.74) is 5.64. The molecule has 0 aliphatic heterocycles. The summed E-state index contributed by atoms with van der Waals surface area (Å²) < 4.78 is 13.1. The van der Waals surface area contributed by atoms with Gasteiger partial charge in [-0.15, -0.1) is 0 Å². The first kappa shape index (κ1) is 14.9. The Bertz CT molecular complexity index is 443. The maximum absolute atomic E-state index is 13.1. The third-order valence-corrected chi connectivity index (χ3v) is 3.02. The number of carbonyl (C=O) groups is 1. The van der Waals surface area contributed by atoms with Crippen LogP contribution in [0.15, 0.2) is 18.2 Å². The summed E-state index contributed by atoms with van der Waals surface area (Å²) in [6.45, 7) is 6.01. The zero-order valence-corrected chi connectivity index (χ0v) is 11.5. The summed E-state index contributed by atoms with van der Waals surface area (Å²) in [4.78, 5) is 11.4. The van der Waals surface area contributed by atoms with Crippen molar-refractivity contribution in [1.29, 1.82) is 0 Å². The van der Waals surface area contributed by atoms with Crippen molar-refractivity contribution in [1.82, 2.24) is 5.32 Å². The molecule has 0 aliphatic rings. The molecule has 0 bridgehead atoms. The Labute approximate surface area is 112 Å². The highest BCUT2D eigenvalue weighted by Crippen LogP contribution is 2.21. The van der Waals surface area contributed by atoms with Crippen molar-refractivity contribution < 1.29 is 9.18 Å². The molecule has 18 heavy (non-hydrogen) atoms. The fourth-order valence-electron chi connectivity index (χ4n) is 1.72. The lowest BCUT2D eigenvalue weighted by Gasteiger charge is -2.29. The predicted molar refractivity (Wildman–Crippen MR) is 70.7 cm³/mol. The number of amides is 1. The van der Waals surface area contributed by atoms with Crippen LogP contribution < -0.4 is 11.1 Å². The Morgan fingerprint density at radius 1 is 1.50 bits per heavy atom. The molecule has 0 saturated carbocycles. The van der Waals surface area contributed by atoms with Crippen LogP contribution in [0.2, 0.25) is 5.02 Å². The summed E-state index contributed by atoms with van der Waals surface area (Å²) in [6, 6.07) is 3.62. The van der Waals surface area contributed by atoms with Crippen LogP contribution in [-0.2, 0) is 11.3 Å². The number of nitrogens with two attached hydrogens (primary N) is 1. The fraction of sp³-hybridized carbons (Fsp3) is 0.462. The average molecular weight is 273 g/mol. The van der Waals surface area contributed by atoms with Crippen LogP contribution in [0.5, 0.6) is 0 Å². The maximum Gasteiger partial charge on any atom is 0.235 e. The molecular formula is C13H18ClFN2O. The molecule has 0 fully saturated rings. The van der Waals surface area contributed by atoms with E-state index in [0.717, 1.165) is 0 Å². The molecule has 1 amide bonds. The molecule has 0 spiro atoms. The van der Waals surface area contributed by atoms with Gasteiger partial charge in [-0.3, -0.25) is 4.79 Å². The number of hydrogen-bond donors (Lipinski definition) is 2. The number of carbonyl (C=O) groups excluding carboxylic acids is 1. The van der Waals surface area contributed by atoms with Gasteiger partial charge in [-0.05, 0) is 29.2 Å². The van der Waals surface area contributed by atoms with Crippen LogP contribution in [0, 0.1) is 11.2 Å². The molecule has 3 nitrogen and oxygen atoms in total. The Hall–Kier alpha value is -1.13. The van der Waals surface area contributed by atoms with E-state index in [1.54, 1.807) is 0 Å². The van der Waals surface area contributed by atoms with Crippen LogP contribution in [0.25, 0.3) is 0 Å². The zero-order valence-electron chi connectivity index (χ0n) is 10.8. The van der Waals surface area contributed by atoms with Crippen molar-refractivity contribution in [2.45, 2.75) is 33.4 Å². The minimum Gasteiger partial charge on any atom is -0.368 e. The van der Waals surface area contributed by atoms with Crippen LogP contribution in [0.3, 0.4) is 0 Å². The molecule has 0 aliphatic carbocycles. The average Bonchev–Trinajstić information content (AvgIpc) is 2.20. The molecule has 1 aromatic carbocycles. The maximum atomic E-state index is 13.1. The van der Waals surface area contributed by atoms with Crippen LogP contribution in [0.4, 0.5) is 4.39 Å². The summed E-state index contributed by atoms with van der Waals surface area (Å²) >= 11 is 5.95. The van der Waals surface area contributed by atoms with E-state index in [9.17, 15) is 9.18 Å². The number of benzene rings is 1. The number of rotatable bonds is 4. The minimum atomic E-state index is -0.503. The molecular weight excluding hydrogens is 255 g/mol. The van der Waals surface area contributed by atoms with Crippen molar-refractivity contribution in [2.75, 3.05) is 0 Å². The van der Waals surface area contributed by atoms with Gasteiger partial charge < -0.3 is 11.1 Å². The molecule has 1 aromatic rings. The van der Waals surface area contributed by atoms with E-state index >= 15 is 0 Å². The Morgan fingerprint density at radius 3 is 2.61 bits per heavy atom. The SMILES string of the molecule is CC(C)(C)[C@H](NCc1cc(F)ccc1Cl)C(N)=O. The van der Waals surface area contributed by atoms with Gasteiger partial charge in [0, 0.05) is 11.6 Å². The molecule has 3 N–H and O–H groups in total. The lowest BCUT2D eigenvalue weighted by atomic mass is 9.86. The van der Waals surface area contributed by atoms with Crippen LogP contribution in [0.1, 0.15) is 26.3 Å². The number of nitrogens with one attached hydrogen (secondary N) is 1. The highest BCUT2D eigenvalue weighted by Gasteiger charge is 2.29. The predicted octanol–water partition coefficient (Wildman–Crippen LogP) is 2.47. The first-order valence-corrected chi connectivity index (χ1v) is 6.06. The van der Waals surface area contributed by atoms with Crippen molar-refractivity contribution in [3.63, 3.8) is 0 Å². The van der Waals surface area contributed by atoms with Gasteiger partial charge in [-0.2, -0.15) is 0 Å². The number of primary amides is 1. The Kier molecular flexibility index (Phi) is 4.71.